The minimum atomic E-state index is -0.231. The molecule has 8 heteroatoms. The summed E-state index contributed by atoms with van der Waals surface area (Å²) < 4.78 is 10.9. The molecule has 1 fully saturated rings. The van der Waals surface area contributed by atoms with Crippen molar-refractivity contribution in [1.29, 1.82) is 0 Å². The Kier molecular flexibility index (Phi) is 6.69. The predicted molar refractivity (Wildman–Crippen MR) is 128 cm³/mol. The molecule has 1 amide bonds. The monoisotopic (exact) mass is 459 g/mol. The molecule has 0 bridgehead atoms. The number of hydrazone groups is 1. The lowest BCUT2D eigenvalue weighted by Crippen LogP contribution is -2.49. The maximum absolute atomic E-state index is 13.4. The van der Waals surface area contributed by atoms with E-state index in [4.69, 9.17) is 14.3 Å². The van der Waals surface area contributed by atoms with Crippen molar-refractivity contribution < 1.29 is 13.9 Å². The van der Waals surface area contributed by atoms with Gasteiger partial charge in [0.2, 0.25) is 0 Å². The fraction of sp³-hybridized carbons (Fsp3) is 0.346. The van der Waals surface area contributed by atoms with Gasteiger partial charge in [-0.25, -0.2) is 5.01 Å². The van der Waals surface area contributed by atoms with Crippen LogP contribution in [0.1, 0.15) is 29.5 Å². The van der Waals surface area contributed by atoms with Crippen LogP contribution in [0.2, 0.25) is 0 Å². The number of ether oxygens (including phenoxy) is 1. The van der Waals surface area contributed by atoms with E-state index in [2.05, 4.69) is 20.9 Å². The summed E-state index contributed by atoms with van der Waals surface area (Å²) in [7, 11) is 1.65. The highest BCUT2D eigenvalue weighted by molar-refractivity contribution is 6.03. The highest BCUT2D eigenvalue weighted by atomic mass is 16.5. The zero-order valence-electron chi connectivity index (χ0n) is 19.3. The van der Waals surface area contributed by atoms with Crippen LogP contribution in [-0.2, 0) is 11.3 Å². The van der Waals surface area contributed by atoms with Crippen molar-refractivity contribution >= 4 is 11.6 Å². The van der Waals surface area contributed by atoms with Gasteiger partial charge in [-0.15, -0.1) is 0 Å². The van der Waals surface area contributed by atoms with E-state index in [-0.39, 0.29) is 11.9 Å². The van der Waals surface area contributed by atoms with Crippen LogP contribution < -0.4 is 4.74 Å². The maximum atomic E-state index is 13.4. The predicted octanol–water partition coefficient (Wildman–Crippen LogP) is 3.18. The molecule has 1 unspecified atom stereocenters. The first kappa shape index (κ1) is 22.3. The van der Waals surface area contributed by atoms with Crippen LogP contribution in [0.25, 0.3) is 0 Å². The molecule has 1 saturated heterocycles. The Balaban J connectivity index is 1.24. The summed E-state index contributed by atoms with van der Waals surface area (Å²) in [5.74, 6) is 1.53. The number of piperazine rings is 1. The van der Waals surface area contributed by atoms with Gasteiger partial charge in [-0.3, -0.25) is 19.6 Å². The average Bonchev–Trinajstić information content (AvgIpc) is 3.56. The first-order chi connectivity index (χ1) is 16.7. The molecule has 0 spiro atoms. The Morgan fingerprint density at radius 3 is 2.50 bits per heavy atom. The van der Waals surface area contributed by atoms with Crippen molar-refractivity contribution in [3.63, 3.8) is 0 Å². The molecule has 0 N–H and O–H groups in total. The number of pyridine rings is 1. The highest BCUT2D eigenvalue weighted by Crippen LogP contribution is 2.33. The molecule has 3 aromatic rings. The molecule has 2 aliphatic rings. The first-order valence-electron chi connectivity index (χ1n) is 11.6. The molecule has 1 aromatic carbocycles. The normalized spacial score (nSPS) is 19.3. The first-order valence-corrected chi connectivity index (χ1v) is 11.6. The van der Waals surface area contributed by atoms with Gasteiger partial charge in [0.1, 0.15) is 17.6 Å². The maximum Gasteiger partial charge on any atom is 0.257 e. The van der Waals surface area contributed by atoms with E-state index in [1.807, 2.05) is 54.7 Å². The van der Waals surface area contributed by atoms with E-state index in [9.17, 15) is 4.79 Å². The van der Waals surface area contributed by atoms with E-state index in [1.165, 1.54) is 0 Å². The number of furan rings is 1. The lowest BCUT2D eigenvalue weighted by molar-refractivity contribution is -0.135. The van der Waals surface area contributed by atoms with Crippen molar-refractivity contribution in [2.75, 3.05) is 39.8 Å². The highest BCUT2D eigenvalue weighted by Gasteiger charge is 2.35. The number of hydrogen-bond acceptors (Lipinski definition) is 7. The van der Waals surface area contributed by atoms with Crippen LogP contribution in [0, 0.1) is 0 Å². The van der Waals surface area contributed by atoms with Crippen molar-refractivity contribution in [2.45, 2.75) is 19.0 Å². The summed E-state index contributed by atoms with van der Waals surface area (Å²) in [4.78, 5) is 22.4. The quantitative estimate of drug-likeness (QED) is 0.540. The molecule has 0 saturated carbocycles. The van der Waals surface area contributed by atoms with Gasteiger partial charge in [0, 0.05) is 45.3 Å². The smallest absolute Gasteiger partial charge is 0.257 e. The molecule has 0 aliphatic carbocycles. The van der Waals surface area contributed by atoms with Crippen LogP contribution in [-0.4, -0.2) is 71.2 Å². The van der Waals surface area contributed by atoms with Gasteiger partial charge in [0.15, 0.2) is 0 Å². The van der Waals surface area contributed by atoms with Gasteiger partial charge >= 0.3 is 0 Å². The Morgan fingerprint density at radius 2 is 1.82 bits per heavy atom. The van der Waals surface area contributed by atoms with Crippen molar-refractivity contribution in [2.24, 2.45) is 5.10 Å². The van der Waals surface area contributed by atoms with Gasteiger partial charge < -0.3 is 9.15 Å². The van der Waals surface area contributed by atoms with E-state index in [0.29, 0.717) is 13.0 Å². The number of nitrogens with zero attached hydrogens (tertiary/aromatic N) is 5. The molecule has 4 heterocycles. The van der Waals surface area contributed by atoms with E-state index >= 15 is 0 Å². The Labute approximate surface area is 199 Å². The Hall–Kier alpha value is -3.49. The third-order valence-electron chi connectivity index (χ3n) is 6.40. The Morgan fingerprint density at radius 1 is 1.03 bits per heavy atom. The van der Waals surface area contributed by atoms with Crippen LogP contribution >= 0.6 is 0 Å². The zero-order valence-corrected chi connectivity index (χ0v) is 19.3. The van der Waals surface area contributed by atoms with Gasteiger partial charge in [-0.2, -0.15) is 5.10 Å². The molecule has 2 aromatic heterocycles. The SMILES string of the molecule is COc1ccc(C2=NN(C(=O)CN3CCN(Cc4ccccn4)CC3)C(c3ccco3)C2)cc1. The van der Waals surface area contributed by atoms with Crippen molar-refractivity contribution in [3.05, 3.63) is 84.1 Å². The minimum Gasteiger partial charge on any atom is -0.497 e. The van der Waals surface area contributed by atoms with E-state index in [1.54, 1.807) is 18.4 Å². The van der Waals surface area contributed by atoms with Gasteiger partial charge in [0.05, 0.1) is 31.3 Å². The Bertz CT molecular complexity index is 1110. The molecule has 0 radical (unpaired) electrons. The second-order valence-corrected chi connectivity index (χ2v) is 8.62. The number of rotatable bonds is 7. The number of methoxy groups -OCH3 is 1. The fourth-order valence-corrected chi connectivity index (χ4v) is 4.49. The lowest BCUT2D eigenvalue weighted by atomic mass is 10.0. The summed E-state index contributed by atoms with van der Waals surface area (Å²) in [6.07, 6.45) is 4.09. The topological polar surface area (TPSA) is 74.4 Å². The van der Waals surface area contributed by atoms with E-state index < -0.39 is 0 Å². The number of amides is 1. The summed E-state index contributed by atoms with van der Waals surface area (Å²) in [5, 5.41) is 6.35. The summed E-state index contributed by atoms with van der Waals surface area (Å²) in [5.41, 5.74) is 2.93. The van der Waals surface area contributed by atoms with Crippen LogP contribution in [0.5, 0.6) is 5.75 Å². The summed E-state index contributed by atoms with van der Waals surface area (Å²) >= 11 is 0. The second kappa shape index (κ2) is 10.2. The number of carbonyl (C=O) groups is 1. The van der Waals surface area contributed by atoms with Crippen LogP contribution in [0.4, 0.5) is 0 Å². The van der Waals surface area contributed by atoms with Gasteiger partial charge in [-0.1, -0.05) is 6.07 Å². The van der Waals surface area contributed by atoms with Crippen molar-refractivity contribution in [3.8, 4) is 5.75 Å². The molecular formula is C26H29N5O3. The number of carbonyl (C=O) groups excluding carboxylic acids is 1. The number of aromatic nitrogens is 1. The largest absolute Gasteiger partial charge is 0.497 e. The minimum absolute atomic E-state index is 0.0110. The second-order valence-electron chi connectivity index (χ2n) is 8.62. The molecule has 2 aliphatic heterocycles. The summed E-state index contributed by atoms with van der Waals surface area (Å²) in [6, 6.07) is 17.3. The summed E-state index contributed by atoms with van der Waals surface area (Å²) in [6.45, 7) is 4.68. The molecule has 176 valence electrons. The molecule has 1 atom stereocenters. The molecule has 34 heavy (non-hydrogen) atoms. The van der Waals surface area contributed by atoms with Crippen molar-refractivity contribution in [1.82, 2.24) is 19.8 Å². The third kappa shape index (κ3) is 5.03. The van der Waals surface area contributed by atoms with Gasteiger partial charge in [0.25, 0.3) is 5.91 Å². The molecular weight excluding hydrogens is 430 g/mol. The van der Waals surface area contributed by atoms with E-state index in [0.717, 1.165) is 61.2 Å². The standard InChI is InChI=1S/C26H29N5O3/c1-33-22-9-7-20(8-10-22)23-17-24(25-6-4-16-34-25)31(28-23)26(32)19-30-14-12-29(13-15-30)18-21-5-2-3-11-27-21/h2-11,16,24H,12-15,17-19H2,1H3. The third-order valence-corrected chi connectivity index (χ3v) is 6.40. The number of benzene rings is 1. The average molecular weight is 460 g/mol. The van der Waals surface area contributed by atoms with Crippen LogP contribution in [0.3, 0.4) is 0 Å². The molecule has 5 rings (SSSR count). The molecule has 8 nitrogen and oxygen atoms in total. The fourth-order valence-electron chi connectivity index (χ4n) is 4.49. The zero-order chi connectivity index (χ0) is 23.3. The van der Waals surface area contributed by atoms with Gasteiger partial charge in [-0.05, 0) is 54.1 Å². The lowest BCUT2D eigenvalue weighted by Gasteiger charge is -2.34. The van der Waals surface area contributed by atoms with Crippen LogP contribution in [0.15, 0.2) is 76.6 Å². The number of hydrogen-bond donors (Lipinski definition) is 0.